The molecule has 21 heavy (non-hydrogen) atoms. The number of rotatable bonds is 4. The number of nitrogens with two attached hydrogens (primary N) is 1. The van der Waals surface area contributed by atoms with Gasteiger partial charge in [-0.15, -0.1) is 0 Å². The molecule has 2 aromatic rings. The van der Waals surface area contributed by atoms with Gasteiger partial charge in [0.25, 0.3) is 0 Å². The van der Waals surface area contributed by atoms with Crippen LogP contribution in [0.15, 0.2) is 27.3 Å². The SMILES string of the molecule is Cc1cc(Br)cc([N+](=O)[O-])c1Oc1nc(NN)ncc1Br. The molecule has 10 heteroatoms. The van der Waals surface area contributed by atoms with Gasteiger partial charge in [-0.1, -0.05) is 15.9 Å². The van der Waals surface area contributed by atoms with E-state index in [1.165, 1.54) is 12.3 Å². The molecule has 8 nitrogen and oxygen atoms in total. The second kappa shape index (κ2) is 6.33. The van der Waals surface area contributed by atoms with Gasteiger partial charge in [-0.05, 0) is 28.9 Å². The van der Waals surface area contributed by atoms with Crippen molar-refractivity contribution in [2.75, 3.05) is 5.43 Å². The Kier molecular flexibility index (Phi) is 4.70. The zero-order valence-corrected chi connectivity index (χ0v) is 13.8. The zero-order chi connectivity index (χ0) is 15.6. The van der Waals surface area contributed by atoms with Gasteiger partial charge in [0.1, 0.15) is 0 Å². The fourth-order valence-corrected chi connectivity index (χ4v) is 2.40. The number of hydrogen-bond donors (Lipinski definition) is 2. The average molecular weight is 419 g/mol. The summed E-state index contributed by atoms with van der Waals surface area (Å²) < 4.78 is 6.60. The topological polar surface area (TPSA) is 116 Å². The van der Waals surface area contributed by atoms with Gasteiger partial charge in [-0.3, -0.25) is 15.5 Å². The quantitative estimate of drug-likeness (QED) is 0.444. The number of anilines is 1. The van der Waals surface area contributed by atoms with Crippen molar-refractivity contribution in [1.82, 2.24) is 9.97 Å². The highest BCUT2D eigenvalue weighted by Crippen LogP contribution is 2.38. The molecule has 0 aliphatic rings. The molecule has 0 atom stereocenters. The van der Waals surface area contributed by atoms with Crippen LogP contribution in [0.2, 0.25) is 0 Å². The minimum atomic E-state index is -0.524. The second-order valence-electron chi connectivity index (χ2n) is 3.92. The number of nitro groups is 1. The first-order valence-electron chi connectivity index (χ1n) is 5.54. The molecule has 3 N–H and O–H groups in total. The number of hydrogen-bond acceptors (Lipinski definition) is 7. The Labute approximate surface area is 136 Å². The lowest BCUT2D eigenvalue weighted by Crippen LogP contribution is -2.10. The highest BCUT2D eigenvalue weighted by atomic mass is 79.9. The Hall–Kier alpha value is -1.78. The molecular weight excluding hydrogens is 410 g/mol. The van der Waals surface area contributed by atoms with Crippen molar-refractivity contribution in [2.45, 2.75) is 6.92 Å². The molecule has 0 aliphatic heterocycles. The molecule has 1 aromatic carbocycles. The summed E-state index contributed by atoms with van der Waals surface area (Å²) in [6.07, 6.45) is 1.43. The van der Waals surface area contributed by atoms with Gasteiger partial charge in [-0.25, -0.2) is 10.8 Å². The molecule has 110 valence electrons. The number of hydrazine groups is 1. The Balaban J connectivity index is 2.51. The van der Waals surface area contributed by atoms with Crippen LogP contribution in [0, 0.1) is 17.0 Å². The van der Waals surface area contributed by atoms with Crippen LogP contribution in [-0.2, 0) is 0 Å². The average Bonchev–Trinajstić information content (AvgIpc) is 2.43. The molecule has 0 amide bonds. The van der Waals surface area contributed by atoms with Crippen LogP contribution in [0.4, 0.5) is 11.6 Å². The van der Waals surface area contributed by atoms with Crippen LogP contribution in [0.5, 0.6) is 11.6 Å². The number of halogens is 2. The van der Waals surface area contributed by atoms with E-state index < -0.39 is 4.92 Å². The normalized spacial score (nSPS) is 10.3. The molecule has 0 aliphatic carbocycles. The lowest BCUT2D eigenvalue weighted by atomic mass is 10.2. The maximum atomic E-state index is 11.2. The van der Waals surface area contributed by atoms with Gasteiger partial charge in [0, 0.05) is 16.1 Å². The van der Waals surface area contributed by atoms with Crippen LogP contribution in [-0.4, -0.2) is 14.9 Å². The summed E-state index contributed by atoms with van der Waals surface area (Å²) in [6.45, 7) is 1.70. The minimum absolute atomic E-state index is 0.102. The molecule has 0 saturated heterocycles. The molecule has 0 unspecified atom stereocenters. The second-order valence-corrected chi connectivity index (χ2v) is 5.69. The minimum Gasteiger partial charge on any atom is -0.430 e. The van der Waals surface area contributed by atoms with Gasteiger partial charge in [-0.2, -0.15) is 4.98 Å². The number of nitrogens with zero attached hydrogens (tertiary/aromatic N) is 3. The Morgan fingerprint density at radius 1 is 1.43 bits per heavy atom. The molecule has 0 spiro atoms. The van der Waals surface area contributed by atoms with Crippen molar-refractivity contribution in [3.8, 4) is 11.6 Å². The maximum absolute atomic E-state index is 11.2. The highest BCUT2D eigenvalue weighted by Gasteiger charge is 2.21. The van der Waals surface area contributed by atoms with Gasteiger partial charge in [0.05, 0.1) is 15.6 Å². The summed E-state index contributed by atoms with van der Waals surface area (Å²) in [5.74, 6) is 5.58. The van der Waals surface area contributed by atoms with E-state index >= 15 is 0 Å². The molecule has 0 radical (unpaired) electrons. The van der Waals surface area contributed by atoms with E-state index in [1.807, 2.05) is 0 Å². The number of aryl methyl sites for hydroxylation is 1. The van der Waals surface area contributed by atoms with E-state index in [0.717, 1.165) is 0 Å². The predicted octanol–water partition coefficient (Wildman–Crippen LogP) is 3.30. The number of benzene rings is 1. The fraction of sp³-hybridized carbons (Fsp3) is 0.0909. The third kappa shape index (κ3) is 3.46. The first kappa shape index (κ1) is 15.6. The lowest BCUT2D eigenvalue weighted by Gasteiger charge is -2.10. The van der Waals surface area contributed by atoms with Crippen LogP contribution in [0.1, 0.15) is 5.56 Å². The van der Waals surface area contributed by atoms with E-state index in [4.69, 9.17) is 10.6 Å². The van der Waals surface area contributed by atoms with Crippen LogP contribution < -0.4 is 16.0 Å². The Morgan fingerprint density at radius 2 is 2.14 bits per heavy atom. The summed E-state index contributed by atoms with van der Waals surface area (Å²) >= 11 is 6.44. The van der Waals surface area contributed by atoms with E-state index in [0.29, 0.717) is 14.5 Å². The van der Waals surface area contributed by atoms with E-state index in [-0.39, 0.29) is 23.3 Å². The molecule has 1 aromatic heterocycles. The number of nitro benzene ring substituents is 1. The lowest BCUT2D eigenvalue weighted by molar-refractivity contribution is -0.385. The van der Waals surface area contributed by atoms with Crippen LogP contribution >= 0.6 is 31.9 Å². The first-order chi connectivity index (χ1) is 9.92. The molecule has 0 saturated carbocycles. The van der Waals surface area contributed by atoms with E-state index in [9.17, 15) is 10.1 Å². The Bertz CT molecular complexity index is 710. The van der Waals surface area contributed by atoms with Crippen LogP contribution in [0.25, 0.3) is 0 Å². The van der Waals surface area contributed by atoms with Crippen molar-refractivity contribution in [2.24, 2.45) is 5.84 Å². The maximum Gasteiger partial charge on any atom is 0.313 e. The third-order valence-corrected chi connectivity index (χ3v) is 3.46. The van der Waals surface area contributed by atoms with Gasteiger partial charge < -0.3 is 4.74 Å². The van der Waals surface area contributed by atoms with E-state index in [2.05, 4.69) is 47.3 Å². The largest absolute Gasteiger partial charge is 0.430 e. The van der Waals surface area contributed by atoms with Gasteiger partial charge >= 0.3 is 5.69 Å². The van der Waals surface area contributed by atoms with Crippen molar-refractivity contribution < 1.29 is 9.66 Å². The standard InChI is InChI=1S/C11H9Br2N5O3/c1-5-2-6(12)3-8(18(19)20)9(5)21-10-7(13)4-15-11(16-10)17-14/h2-4H,14H2,1H3,(H,15,16,17). The number of aromatic nitrogens is 2. The van der Waals surface area contributed by atoms with Gasteiger partial charge in [0.15, 0.2) is 0 Å². The van der Waals surface area contributed by atoms with Crippen molar-refractivity contribution in [1.29, 1.82) is 0 Å². The van der Waals surface area contributed by atoms with E-state index in [1.54, 1.807) is 13.0 Å². The monoisotopic (exact) mass is 417 g/mol. The van der Waals surface area contributed by atoms with Crippen molar-refractivity contribution >= 4 is 43.5 Å². The summed E-state index contributed by atoms with van der Waals surface area (Å²) in [7, 11) is 0. The fourth-order valence-electron chi connectivity index (χ4n) is 1.57. The molecular formula is C11H9Br2N5O3. The highest BCUT2D eigenvalue weighted by molar-refractivity contribution is 9.10. The van der Waals surface area contributed by atoms with Gasteiger partial charge in [0.2, 0.25) is 17.6 Å². The predicted molar refractivity (Wildman–Crippen MR) is 83.1 cm³/mol. The summed E-state index contributed by atoms with van der Waals surface area (Å²) in [5, 5.41) is 11.2. The van der Waals surface area contributed by atoms with Crippen molar-refractivity contribution in [3.63, 3.8) is 0 Å². The van der Waals surface area contributed by atoms with Crippen molar-refractivity contribution in [3.05, 3.63) is 43.0 Å². The number of ether oxygens (including phenoxy) is 1. The summed E-state index contributed by atoms with van der Waals surface area (Å²) in [6, 6.07) is 3.07. The first-order valence-corrected chi connectivity index (χ1v) is 7.12. The number of nitrogens with one attached hydrogen (secondary N) is 1. The molecule has 0 bridgehead atoms. The zero-order valence-electron chi connectivity index (χ0n) is 10.6. The summed E-state index contributed by atoms with van der Waals surface area (Å²) in [5.41, 5.74) is 2.69. The molecule has 1 heterocycles. The summed E-state index contributed by atoms with van der Waals surface area (Å²) in [4.78, 5) is 18.5. The van der Waals surface area contributed by atoms with Crippen LogP contribution in [0.3, 0.4) is 0 Å². The molecule has 2 rings (SSSR count). The third-order valence-electron chi connectivity index (χ3n) is 2.46. The number of nitrogen functional groups attached to an aromatic ring is 1. The molecule has 0 fully saturated rings. The smallest absolute Gasteiger partial charge is 0.313 e. The Morgan fingerprint density at radius 3 is 2.76 bits per heavy atom.